The number of hydrogen-bond acceptors (Lipinski definition) is 3. The Morgan fingerprint density at radius 3 is 2.23 bits per heavy atom. The minimum atomic E-state index is -1.08. The Bertz CT molecular complexity index is 188. The first-order valence-electron chi connectivity index (χ1n) is 3.69. The van der Waals surface area contributed by atoms with Crippen LogP contribution in [0.1, 0.15) is 19.8 Å². The molecule has 0 aliphatic rings. The van der Waals surface area contributed by atoms with E-state index in [1.54, 1.807) is 0 Å². The van der Waals surface area contributed by atoms with Crippen LogP contribution in [0.2, 0.25) is 0 Å². The van der Waals surface area contributed by atoms with E-state index >= 15 is 0 Å². The average molecular weight is 188 g/mol. The fourth-order valence-electron chi connectivity index (χ4n) is 0.915. The first kappa shape index (κ1) is 11.4. The molecule has 0 aliphatic heterocycles. The summed E-state index contributed by atoms with van der Waals surface area (Å²) in [6, 6.07) is -0.715. The van der Waals surface area contributed by atoms with Crippen LogP contribution >= 0.6 is 0 Å². The second kappa shape index (κ2) is 5.13. The minimum absolute atomic E-state index is 0.161. The van der Waals surface area contributed by atoms with Crippen molar-refractivity contribution in [3.8, 4) is 0 Å². The SMILES string of the molecule is CC(=O)NC(CC(N)=O)CC(=O)O. The highest BCUT2D eigenvalue weighted by atomic mass is 16.4. The van der Waals surface area contributed by atoms with E-state index in [4.69, 9.17) is 10.8 Å². The van der Waals surface area contributed by atoms with Gasteiger partial charge in [0.15, 0.2) is 0 Å². The molecule has 0 fully saturated rings. The van der Waals surface area contributed by atoms with Crippen molar-refractivity contribution in [3.63, 3.8) is 0 Å². The Kier molecular flexibility index (Phi) is 4.50. The molecule has 0 saturated carbocycles. The predicted octanol–water partition coefficient (Wildman–Crippen LogP) is -1.16. The van der Waals surface area contributed by atoms with E-state index in [1.165, 1.54) is 6.92 Å². The quantitative estimate of drug-likeness (QED) is 0.505. The van der Waals surface area contributed by atoms with Gasteiger partial charge in [0.25, 0.3) is 0 Å². The predicted molar refractivity (Wildman–Crippen MR) is 43.7 cm³/mol. The molecule has 0 aromatic heterocycles. The lowest BCUT2D eigenvalue weighted by atomic mass is 10.1. The molecule has 74 valence electrons. The number of amides is 2. The van der Waals surface area contributed by atoms with Crippen molar-refractivity contribution in [1.29, 1.82) is 0 Å². The molecule has 0 aromatic rings. The van der Waals surface area contributed by atoms with E-state index in [-0.39, 0.29) is 18.7 Å². The van der Waals surface area contributed by atoms with Crippen molar-refractivity contribution in [1.82, 2.24) is 5.32 Å². The Hall–Kier alpha value is -1.59. The van der Waals surface area contributed by atoms with Crippen LogP contribution in [0.5, 0.6) is 0 Å². The molecule has 0 saturated heterocycles. The van der Waals surface area contributed by atoms with Crippen molar-refractivity contribution in [3.05, 3.63) is 0 Å². The van der Waals surface area contributed by atoms with E-state index < -0.39 is 17.9 Å². The summed E-state index contributed by atoms with van der Waals surface area (Å²) in [5, 5.41) is 10.7. The molecular weight excluding hydrogens is 176 g/mol. The second-order valence-corrected chi connectivity index (χ2v) is 2.67. The molecule has 4 N–H and O–H groups in total. The first-order valence-corrected chi connectivity index (χ1v) is 3.69. The molecule has 13 heavy (non-hydrogen) atoms. The van der Waals surface area contributed by atoms with Crippen molar-refractivity contribution < 1.29 is 19.5 Å². The molecule has 0 spiro atoms. The highest BCUT2D eigenvalue weighted by Gasteiger charge is 2.16. The normalized spacial score (nSPS) is 11.8. The first-order chi connectivity index (χ1) is 5.91. The summed E-state index contributed by atoms with van der Waals surface area (Å²) in [5.74, 6) is -2.10. The van der Waals surface area contributed by atoms with E-state index in [0.717, 1.165) is 0 Å². The van der Waals surface area contributed by atoms with Gasteiger partial charge in [0.05, 0.1) is 6.42 Å². The number of carbonyl (C=O) groups is 3. The summed E-state index contributed by atoms with van der Waals surface area (Å²) >= 11 is 0. The number of aliphatic carboxylic acids is 1. The van der Waals surface area contributed by atoms with Gasteiger partial charge in [0.1, 0.15) is 0 Å². The lowest BCUT2D eigenvalue weighted by Crippen LogP contribution is -2.38. The summed E-state index contributed by atoms with van der Waals surface area (Å²) in [5.41, 5.74) is 4.86. The standard InChI is InChI=1S/C7H12N2O4/c1-4(10)9-5(2-6(8)11)3-7(12)13/h5H,2-3H2,1H3,(H2,8,11)(H,9,10)(H,12,13). The summed E-state index contributed by atoms with van der Waals surface area (Å²) in [4.78, 5) is 31.3. The van der Waals surface area contributed by atoms with Gasteiger partial charge in [-0.15, -0.1) is 0 Å². The number of carboxylic acid groups (broad SMARTS) is 1. The van der Waals surface area contributed by atoms with Gasteiger partial charge < -0.3 is 16.2 Å². The molecular formula is C7H12N2O4. The smallest absolute Gasteiger partial charge is 0.305 e. The maximum Gasteiger partial charge on any atom is 0.305 e. The summed E-state index contributed by atoms with van der Waals surface area (Å²) < 4.78 is 0. The molecule has 0 aliphatic carbocycles. The third kappa shape index (κ3) is 6.79. The molecule has 6 heteroatoms. The van der Waals surface area contributed by atoms with Crippen LogP contribution in [0, 0.1) is 0 Å². The van der Waals surface area contributed by atoms with Crippen LogP contribution < -0.4 is 11.1 Å². The van der Waals surface area contributed by atoms with Gasteiger partial charge in [-0.1, -0.05) is 0 Å². The van der Waals surface area contributed by atoms with E-state index in [2.05, 4.69) is 5.32 Å². The topological polar surface area (TPSA) is 109 Å². The molecule has 1 unspecified atom stereocenters. The van der Waals surface area contributed by atoms with Gasteiger partial charge in [-0.2, -0.15) is 0 Å². The van der Waals surface area contributed by atoms with Gasteiger partial charge in [-0.25, -0.2) is 0 Å². The number of hydrogen-bond donors (Lipinski definition) is 3. The second-order valence-electron chi connectivity index (χ2n) is 2.67. The van der Waals surface area contributed by atoms with Gasteiger partial charge >= 0.3 is 5.97 Å². The molecule has 0 bridgehead atoms. The van der Waals surface area contributed by atoms with E-state index in [9.17, 15) is 14.4 Å². The fraction of sp³-hybridized carbons (Fsp3) is 0.571. The van der Waals surface area contributed by atoms with Crippen LogP contribution in [0.15, 0.2) is 0 Å². The maximum atomic E-state index is 10.6. The number of primary amides is 1. The Morgan fingerprint density at radius 2 is 1.92 bits per heavy atom. The average Bonchev–Trinajstić information content (AvgIpc) is 1.80. The highest BCUT2D eigenvalue weighted by molar-refractivity contribution is 5.79. The van der Waals surface area contributed by atoms with E-state index in [0.29, 0.717) is 0 Å². The third-order valence-corrected chi connectivity index (χ3v) is 1.28. The minimum Gasteiger partial charge on any atom is -0.481 e. The number of nitrogens with one attached hydrogen (secondary N) is 1. The number of carboxylic acids is 1. The molecule has 0 rings (SSSR count). The van der Waals surface area contributed by atoms with Crippen LogP contribution in [-0.4, -0.2) is 28.9 Å². The van der Waals surface area contributed by atoms with Crippen LogP contribution in [0.4, 0.5) is 0 Å². The number of rotatable bonds is 5. The van der Waals surface area contributed by atoms with Gasteiger partial charge in [0.2, 0.25) is 11.8 Å². The molecule has 1 atom stereocenters. The summed E-state index contributed by atoms with van der Waals surface area (Å²) in [6.07, 6.45) is -0.464. The number of carbonyl (C=O) groups excluding carboxylic acids is 2. The highest BCUT2D eigenvalue weighted by Crippen LogP contribution is 1.97. The summed E-state index contributed by atoms with van der Waals surface area (Å²) in [7, 11) is 0. The largest absolute Gasteiger partial charge is 0.481 e. The Morgan fingerprint density at radius 1 is 1.38 bits per heavy atom. The molecule has 0 aromatic carbocycles. The van der Waals surface area contributed by atoms with E-state index in [1.807, 2.05) is 0 Å². The zero-order valence-electron chi connectivity index (χ0n) is 7.24. The Balaban J connectivity index is 4.10. The van der Waals surface area contributed by atoms with Crippen LogP contribution in [-0.2, 0) is 14.4 Å². The zero-order chi connectivity index (χ0) is 10.4. The van der Waals surface area contributed by atoms with Gasteiger partial charge in [-0.3, -0.25) is 14.4 Å². The molecule has 2 amide bonds. The van der Waals surface area contributed by atoms with Crippen molar-refractivity contribution in [2.45, 2.75) is 25.8 Å². The monoisotopic (exact) mass is 188 g/mol. The molecule has 0 heterocycles. The lowest BCUT2D eigenvalue weighted by Gasteiger charge is -2.13. The van der Waals surface area contributed by atoms with Crippen molar-refractivity contribution >= 4 is 17.8 Å². The van der Waals surface area contributed by atoms with Gasteiger partial charge in [-0.05, 0) is 0 Å². The van der Waals surface area contributed by atoms with Crippen LogP contribution in [0.25, 0.3) is 0 Å². The molecule has 0 radical (unpaired) electrons. The number of nitrogens with two attached hydrogens (primary N) is 1. The lowest BCUT2D eigenvalue weighted by molar-refractivity contribution is -0.137. The fourth-order valence-corrected chi connectivity index (χ4v) is 0.915. The Labute approximate surface area is 75.1 Å². The van der Waals surface area contributed by atoms with Crippen LogP contribution in [0.3, 0.4) is 0 Å². The van der Waals surface area contributed by atoms with Crippen molar-refractivity contribution in [2.24, 2.45) is 5.73 Å². The van der Waals surface area contributed by atoms with Crippen molar-refractivity contribution in [2.75, 3.05) is 0 Å². The maximum absolute atomic E-state index is 10.6. The molecule has 6 nitrogen and oxygen atoms in total. The summed E-state index contributed by atoms with van der Waals surface area (Å²) in [6.45, 7) is 1.25. The zero-order valence-corrected chi connectivity index (χ0v) is 7.24. The van der Waals surface area contributed by atoms with Gasteiger partial charge in [0, 0.05) is 19.4 Å². The third-order valence-electron chi connectivity index (χ3n) is 1.28.